The van der Waals surface area contributed by atoms with E-state index in [9.17, 15) is 0 Å². The molecule has 0 aliphatic carbocycles. The number of hydrogen-bond acceptors (Lipinski definition) is 3. The summed E-state index contributed by atoms with van der Waals surface area (Å²) in [5.41, 5.74) is 2.88. The lowest BCUT2D eigenvalue weighted by Gasteiger charge is -2.25. The van der Waals surface area contributed by atoms with Crippen LogP contribution in [0.25, 0.3) is 21.8 Å². The van der Waals surface area contributed by atoms with E-state index in [-0.39, 0.29) is 0 Å². The minimum Gasteiger partial charge on any atom is -0.474 e. The maximum Gasteiger partial charge on any atom is 0.263 e. The van der Waals surface area contributed by atoms with E-state index in [4.69, 9.17) is 21.9 Å². The molecule has 3 rings (SSSR count). The Balaban J connectivity index is 2.40. The Labute approximate surface area is 134 Å². The van der Waals surface area contributed by atoms with Crippen LogP contribution in [-0.2, 0) is 4.74 Å². The van der Waals surface area contributed by atoms with Gasteiger partial charge in [-0.25, -0.2) is 4.98 Å². The molecule has 0 N–H and O–H groups in total. The summed E-state index contributed by atoms with van der Waals surface area (Å²) < 4.78 is 5.31. The van der Waals surface area contributed by atoms with Crippen LogP contribution in [0.2, 0.25) is 0 Å². The smallest absolute Gasteiger partial charge is 0.263 e. The van der Waals surface area contributed by atoms with Crippen LogP contribution in [0, 0.1) is 0 Å². The second-order valence-corrected chi connectivity index (χ2v) is 5.21. The van der Waals surface area contributed by atoms with Crippen molar-refractivity contribution < 1.29 is 4.74 Å². The van der Waals surface area contributed by atoms with Gasteiger partial charge < -0.3 is 4.74 Å². The quantitative estimate of drug-likeness (QED) is 0.409. The summed E-state index contributed by atoms with van der Waals surface area (Å²) >= 11 is 5.39. The molecule has 0 spiro atoms. The van der Waals surface area contributed by atoms with Crippen molar-refractivity contribution in [2.45, 2.75) is 0 Å². The van der Waals surface area contributed by atoms with Crippen LogP contribution in [0.5, 0.6) is 0 Å². The van der Waals surface area contributed by atoms with E-state index in [1.807, 2.05) is 47.4 Å². The second kappa shape index (κ2) is 6.12. The summed E-state index contributed by atoms with van der Waals surface area (Å²) in [6.07, 6.45) is 1.81. The fraction of sp³-hybridized carbons (Fsp3) is 0.111. The van der Waals surface area contributed by atoms with Crippen molar-refractivity contribution in [2.75, 3.05) is 18.6 Å². The number of fused-ring (bicyclic) bond motifs is 2. The van der Waals surface area contributed by atoms with Crippen LogP contribution in [0.3, 0.4) is 0 Å². The average molecular weight is 308 g/mol. The van der Waals surface area contributed by atoms with Crippen molar-refractivity contribution in [3.05, 3.63) is 61.2 Å². The van der Waals surface area contributed by atoms with Gasteiger partial charge in [0.15, 0.2) is 0 Å². The van der Waals surface area contributed by atoms with Gasteiger partial charge in [-0.3, -0.25) is 4.90 Å². The number of methoxy groups -OCH3 is 1. The molecule has 2 aromatic carbocycles. The Bertz CT molecular complexity index is 806. The predicted molar refractivity (Wildman–Crippen MR) is 96.4 cm³/mol. The molecule has 3 nitrogen and oxygen atoms in total. The molecule has 4 heteroatoms. The van der Waals surface area contributed by atoms with Crippen LogP contribution < -0.4 is 4.90 Å². The van der Waals surface area contributed by atoms with Gasteiger partial charge in [0.05, 0.1) is 23.8 Å². The first-order valence-corrected chi connectivity index (χ1v) is 7.41. The standard InChI is InChI=1S/C18H16N2OS/c1-3-12-20(18(22)21-2)17-13-8-4-6-10-15(13)19-16-11-7-5-9-14(16)17/h3-11H,1,12H2,2H3. The molecule has 0 aliphatic rings. The summed E-state index contributed by atoms with van der Waals surface area (Å²) in [4.78, 5) is 6.68. The summed E-state index contributed by atoms with van der Waals surface area (Å²) in [6, 6.07) is 16.1. The lowest BCUT2D eigenvalue weighted by molar-refractivity contribution is 0.404. The SMILES string of the molecule is C=CCN(C(=S)OC)c1c2ccccc2nc2ccccc12. The second-order valence-electron chi connectivity index (χ2n) is 4.86. The highest BCUT2D eigenvalue weighted by molar-refractivity contribution is 7.80. The van der Waals surface area contributed by atoms with Crippen molar-refractivity contribution in [1.29, 1.82) is 0 Å². The first-order valence-electron chi connectivity index (χ1n) is 7.00. The van der Waals surface area contributed by atoms with E-state index in [0.717, 1.165) is 27.5 Å². The molecule has 110 valence electrons. The molecule has 3 aromatic rings. The van der Waals surface area contributed by atoms with Gasteiger partial charge in [-0.1, -0.05) is 42.5 Å². The minimum absolute atomic E-state index is 0.418. The fourth-order valence-electron chi connectivity index (χ4n) is 2.60. The summed E-state index contributed by atoms with van der Waals surface area (Å²) in [7, 11) is 1.59. The number of thiocarbonyl (C=S) groups is 1. The van der Waals surface area contributed by atoms with Crippen molar-refractivity contribution in [3.63, 3.8) is 0 Å². The third-order valence-electron chi connectivity index (χ3n) is 3.54. The zero-order chi connectivity index (χ0) is 15.5. The molecule has 0 radical (unpaired) electrons. The topological polar surface area (TPSA) is 25.4 Å². The van der Waals surface area contributed by atoms with Gasteiger partial charge in [0.25, 0.3) is 5.17 Å². The number of benzene rings is 2. The van der Waals surface area contributed by atoms with Gasteiger partial charge in [-0.2, -0.15) is 0 Å². The summed E-state index contributed by atoms with van der Waals surface area (Å²) in [5, 5.41) is 2.51. The monoisotopic (exact) mass is 308 g/mol. The van der Waals surface area contributed by atoms with Crippen molar-refractivity contribution in [3.8, 4) is 0 Å². The van der Waals surface area contributed by atoms with Gasteiger partial charge in [-0.05, 0) is 24.4 Å². The zero-order valence-electron chi connectivity index (χ0n) is 12.3. The zero-order valence-corrected chi connectivity index (χ0v) is 13.1. The normalized spacial score (nSPS) is 10.6. The van der Waals surface area contributed by atoms with E-state index in [1.54, 1.807) is 7.11 Å². The Morgan fingerprint density at radius 2 is 1.68 bits per heavy atom. The van der Waals surface area contributed by atoms with Crippen LogP contribution in [0.4, 0.5) is 5.69 Å². The van der Waals surface area contributed by atoms with Crippen LogP contribution in [0.1, 0.15) is 0 Å². The third-order valence-corrected chi connectivity index (χ3v) is 3.92. The fourth-order valence-corrected chi connectivity index (χ4v) is 2.77. The summed E-state index contributed by atoms with van der Waals surface area (Å²) in [5.74, 6) is 0. The maximum absolute atomic E-state index is 5.39. The predicted octanol–water partition coefficient (Wildman–Crippen LogP) is 4.31. The Hall–Kier alpha value is -2.46. The molecule has 22 heavy (non-hydrogen) atoms. The molecule has 1 aromatic heterocycles. The number of ether oxygens (including phenoxy) is 1. The number of rotatable bonds is 3. The molecule has 0 saturated carbocycles. The van der Waals surface area contributed by atoms with Crippen LogP contribution >= 0.6 is 12.2 Å². The number of hydrogen-bond donors (Lipinski definition) is 0. The molecular weight excluding hydrogens is 292 g/mol. The molecule has 1 heterocycles. The van der Waals surface area contributed by atoms with E-state index in [1.165, 1.54) is 0 Å². The molecule has 0 unspecified atom stereocenters. The van der Waals surface area contributed by atoms with Crippen molar-refractivity contribution >= 4 is 44.9 Å². The molecule has 0 aliphatic heterocycles. The third kappa shape index (κ3) is 2.42. The van der Waals surface area contributed by atoms with Crippen LogP contribution in [0.15, 0.2) is 61.2 Å². The number of aromatic nitrogens is 1. The Morgan fingerprint density at radius 1 is 1.14 bits per heavy atom. The molecule has 0 fully saturated rings. The first-order chi connectivity index (χ1) is 10.8. The number of nitrogens with zero attached hydrogens (tertiary/aromatic N) is 2. The lowest BCUT2D eigenvalue weighted by Crippen LogP contribution is -2.31. The van der Waals surface area contributed by atoms with Gasteiger partial charge in [0.2, 0.25) is 0 Å². The number of pyridine rings is 1. The van der Waals surface area contributed by atoms with Gasteiger partial charge in [0.1, 0.15) is 0 Å². The van der Waals surface area contributed by atoms with Gasteiger partial charge >= 0.3 is 0 Å². The van der Waals surface area contributed by atoms with Gasteiger partial charge in [0, 0.05) is 17.3 Å². The van der Waals surface area contributed by atoms with Gasteiger partial charge in [-0.15, -0.1) is 6.58 Å². The average Bonchev–Trinajstić information content (AvgIpc) is 2.57. The van der Waals surface area contributed by atoms with E-state index >= 15 is 0 Å². The highest BCUT2D eigenvalue weighted by atomic mass is 32.1. The Kier molecular flexibility index (Phi) is 4.02. The van der Waals surface area contributed by atoms with Crippen molar-refractivity contribution in [1.82, 2.24) is 4.98 Å². The molecule has 0 saturated heterocycles. The maximum atomic E-state index is 5.39. The minimum atomic E-state index is 0.418. The van der Waals surface area contributed by atoms with E-state index in [2.05, 4.69) is 18.7 Å². The number of anilines is 1. The summed E-state index contributed by atoms with van der Waals surface area (Å²) in [6.45, 7) is 4.40. The molecular formula is C18H16N2OS. The first kappa shape index (κ1) is 14.5. The Morgan fingerprint density at radius 3 is 2.18 bits per heavy atom. The lowest BCUT2D eigenvalue weighted by atomic mass is 10.1. The van der Waals surface area contributed by atoms with Crippen LogP contribution in [-0.4, -0.2) is 23.8 Å². The molecule has 0 amide bonds. The largest absolute Gasteiger partial charge is 0.474 e. The highest BCUT2D eigenvalue weighted by Gasteiger charge is 2.18. The number of para-hydroxylation sites is 2. The molecule has 0 atom stereocenters. The van der Waals surface area contributed by atoms with E-state index in [0.29, 0.717) is 11.7 Å². The highest BCUT2D eigenvalue weighted by Crippen LogP contribution is 2.34. The van der Waals surface area contributed by atoms with Crippen molar-refractivity contribution in [2.24, 2.45) is 0 Å². The van der Waals surface area contributed by atoms with E-state index < -0.39 is 0 Å². The molecule has 0 bridgehead atoms.